The van der Waals surface area contributed by atoms with Crippen molar-refractivity contribution in [3.8, 4) is 0 Å². The number of nitrogens with zero attached hydrogens (tertiary/aromatic N) is 1. The van der Waals surface area contributed by atoms with Crippen LogP contribution < -0.4 is 0 Å². The Bertz CT molecular complexity index is 599. The van der Waals surface area contributed by atoms with Gasteiger partial charge in [-0.2, -0.15) is 0 Å². The molecule has 0 radical (unpaired) electrons. The summed E-state index contributed by atoms with van der Waals surface area (Å²) >= 11 is 10.1. The Hall–Kier alpha value is -0.520. The molecule has 0 amide bonds. The molecule has 0 fully saturated rings. The largest absolute Gasteiger partial charge is 0.292 e. The van der Waals surface area contributed by atoms with Crippen molar-refractivity contribution in [2.45, 2.75) is 6.42 Å². The molecule has 0 aliphatic carbocycles. The second-order valence-corrected chi connectivity index (χ2v) is 6.40. The standard InChI is InChI=1S/C13H8Br3NO/c14-9-3-1-2-8(4-9)5-12(18)13-11(16)6-10(15)7-17-13/h1-4,6-7H,5H2. The van der Waals surface area contributed by atoms with Crippen molar-refractivity contribution in [3.63, 3.8) is 0 Å². The maximum atomic E-state index is 12.1. The number of rotatable bonds is 3. The van der Waals surface area contributed by atoms with Crippen LogP contribution in [-0.2, 0) is 6.42 Å². The van der Waals surface area contributed by atoms with Crippen molar-refractivity contribution >= 4 is 53.6 Å². The highest BCUT2D eigenvalue weighted by atomic mass is 79.9. The number of benzene rings is 1. The van der Waals surface area contributed by atoms with Crippen molar-refractivity contribution in [1.29, 1.82) is 0 Å². The summed E-state index contributed by atoms with van der Waals surface area (Å²) < 4.78 is 2.51. The Morgan fingerprint density at radius 3 is 2.56 bits per heavy atom. The summed E-state index contributed by atoms with van der Waals surface area (Å²) in [7, 11) is 0. The van der Waals surface area contributed by atoms with Gasteiger partial charge in [-0.15, -0.1) is 0 Å². The third-order valence-corrected chi connectivity index (χ3v) is 3.86. The van der Waals surface area contributed by atoms with Crippen LogP contribution in [0.2, 0.25) is 0 Å². The average molecular weight is 434 g/mol. The Morgan fingerprint density at radius 1 is 1.11 bits per heavy atom. The molecule has 2 nitrogen and oxygen atoms in total. The van der Waals surface area contributed by atoms with Gasteiger partial charge in [-0.05, 0) is 55.6 Å². The van der Waals surface area contributed by atoms with Crippen LogP contribution in [0, 0.1) is 0 Å². The summed E-state index contributed by atoms with van der Waals surface area (Å²) in [5, 5.41) is 0. The molecule has 0 unspecified atom stereocenters. The van der Waals surface area contributed by atoms with E-state index < -0.39 is 0 Å². The second-order valence-electron chi connectivity index (χ2n) is 3.71. The molecule has 0 saturated heterocycles. The summed E-state index contributed by atoms with van der Waals surface area (Å²) in [4.78, 5) is 16.3. The molecule has 0 aliphatic heterocycles. The topological polar surface area (TPSA) is 30.0 Å². The second kappa shape index (κ2) is 6.08. The van der Waals surface area contributed by atoms with E-state index in [9.17, 15) is 4.79 Å². The Balaban J connectivity index is 2.22. The average Bonchev–Trinajstić information content (AvgIpc) is 2.28. The van der Waals surface area contributed by atoms with E-state index in [4.69, 9.17) is 0 Å². The van der Waals surface area contributed by atoms with Crippen molar-refractivity contribution in [2.75, 3.05) is 0 Å². The maximum absolute atomic E-state index is 12.1. The third-order valence-electron chi connectivity index (χ3n) is 2.33. The molecule has 0 saturated carbocycles. The summed E-state index contributed by atoms with van der Waals surface area (Å²) in [5.41, 5.74) is 1.42. The fourth-order valence-corrected chi connectivity index (χ4v) is 3.19. The van der Waals surface area contributed by atoms with Crippen molar-refractivity contribution in [3.05, 3.63) is 61.2 Å². The maximum Gasteiger partial charge on any atom is 0.186 e. The highest BCUT2D eigenvalue weighted by molar-refractivity contribution is 9.11. The lowest BCUT2D eigenvalue weighted by Gasteiger charge is -2.04. The van der Waals surface area contributed by atoms with Crippen LogP contribution in [-0.4, -0.2) is 10.8 Å². The Kier molecular flexibility index (Phi) is 4.70. The first-order valence-corrected chi connectivity index (χ1v) is 7.53. The normalized spacial score (nSPS) is 10.4. The molecule has 1 aromatic carbocycles. The van der Waals surface area contributed by atoms with Gasteiger partial charge in [0, 0.05) is 26.0 Å². The molecule has 0 aliphatic rings. The first-order valence-electron chi connectivity index (χ1n) is 5.15. The molecule has 0 atom stereocenters. The number of halogens is 3. The van der Waals surface area contributed by atoms with Crippen LogP contribution in [0.4, 0.5) is 0 Å². The lowest BCUT2D eigenvalue weighted by Crippen LogP contribution is -2.07. The molecule has 0 spiro atoms. The SMILES string of the molecule is O=C(Cc1cccc(Br)c1)c1ncc(Br)cc1Br. The summed E-state index contributed by atoms with van der Waals surface area (Å²) in [6.45, 7) is 0. The van der Waals surface area contributed by atoms with Crippen LogP contribution in [0.1, 0.15) is 16.1 Å². The number of carbonyl (C=O) groups is 1. The smallest absolute Gasteiger partial charge is 0.186 e. The first kappa shape index (κ1) is 13.9. The van der Waals surface area contributed by atoms with E-state index in [0.29, 0.717) is 16.6 Å². The molecule has 1 aromatic heterocycles. The fraction of sp³-hybridized carbons (Fsp3) is 0.0769. The van der Waals surface area contributed by atoms with Crippen LogP contribution >= 0.6 is 47.8 Å². The van der Waals surface area contributed by atoms with Gasteiger partial charge < -0.3 is 0 Å². The van der Waals surface area contributed by atoms with E-state index in [1.54, 1.807) is 6.20 Å². The zero-order valence-corrected chi connectivity index (χ0v) is 13.9. The van der Waals surface area contributed by atoms with Crippen LogP contribution in [0.5, 0.6) is 0 Å². The minimum Gasteiger partial charge on any atom is -0.292 e. The summed E-state index contributed by atoms with van der Waals surface area (Å²) in [6.07, 6.45) is 1.96. The zero-order chi connectivity index (χ0) is 13.1. The number of carbonyl (C=O) groups excluding carboxylic acids is 1. The number of Topliss-reactive ketones (excluding diaryl/α,β-unsaturated/α-hetero) is 1. The third kappa shape index (κ3) is 3.49. The quantitative estimate of drug-likeness (QED) is 0.651. The molecule has 1 heterocycles. The number of aromatic nitrogens is 1. The van der Waals surface area contributed by atoms with Crippen LogP contribution in [0.15, 0.2) is 49.9 Å². The van der Waals surface area contributed by atoms with E-state index in [0.717, 1.165) is 14.5 Å². The number of pyridine rings is 1. The predicted octanol–water partition coefficient (Wildman–Crippen LogP) is 4.79. The number of hydrogen-bond acceptors (Lipinski definition) is 2. The van der Waals surface area contributed by atoms with E-state index in [-0.39, 0.29) is 5.78 Å². The summed E-state index contributed by atoms with van der Waals surface area (Å²) in [5.74, 6) is -0.00697. The van der Waals surface area contributed by atoms with E-state index in [1.165, 1.54) is 0 Å². The Labute approximate surface area is 130 Å². The molecule has 2 aromatic rings. The van der Waals surface area contributed by atoms with Gasteiger partial charge in [0.15, 0.2) is 5.78 Å². The highest BCUT2D eigenvalue weighted by Gasteiger charge is 2.13. The van der Waals surface area contributed by atoms with Gasteiger partial charge in [-0.25, -0.2) is 0 Å². The van der Waals surface area contributed by atoms with Gasteiger partial charge in [-0.1, -0.05) is 28.1 Å². The van der Waals surface area contributed by atoms with Gasteiger partial charge in [0.25, 0.3) is 0 Å². The molecular formula is C13H8Br3NO. The minimum absolute atomic E-state index is 0.00697. The van der Waals surface area contributed by atoms with E-state index in [2.05, 4.69) is 52.8 Å². The van der Waals surface area contributed by atoms with Crippen LogP contribution in [0.3, 0.4) is 0 Å². The molecule has 18 heavy (non-hydrogen) atoms. The van der Waals surface area contributed by atoms with Gasteiger partial charge in [0.1, 0.15) is 5.69 Å². The predicted molar refractivity (Wildman–Crippen MR) is 81.8 cm³/mol. The van der Waals surface area contributed by atoms with Crippen LogP contribution in [0.25, 0.3) is 0 Å². The first-order chi connectivity index (χ1) is 8.56. The lowest BCUT2D eigenvalue weighted by molar-refractivity contribution is 0.0987. The molecule has 2 rings (SSSR count). The molecule has 5 heteroatoms. The lowest BCUT2D eigenvalue weighted by atomic mass is 10.1. The molecule has 0 N–H and O–H groups in total. The van der Waals surface area contributed by atoms with Crippen molar-refractivity contribution in [2.24, 2.45) is 0 Å². The highest BCUT2D eigenvalue weighted by Crippen LogP contribution is 2.21. The molecular weight excluding hydrogens is 426 g/mol. The van der Waals surface area contributed by atoms with Crippen molar-refractivity contribution in [1.82, 2.24) is 4.98 Å². The van der Waals surface area contributed by atoms with Gasteiger partial charge in [-0.3, -0.25) is 9.78 Å². The number of ketones is 1. The summed E-state index contributed by atoms with van der Waals surface area (Å²) in [6, 6.07) is 9.53. The van der Waals surface area contributed by atoms with E-state index in [1.807, 2.05) is 30.3 Å². The van der Waals surface area contributed by atoms with Crippen molar-refractivity contribution < 1.29 is 4.79 Å². The molecule has 0 bridgehead atoms. The molecule has 92 valence electrons. The van der Waals surface area contributed by atoms with E-state index >= 15 is 0 Å². The van der Waals surface area contributed by atoms with Gasteiger partial charge >= 0.3 is 0 Å². The minimum atomic E-state index is -0.00697. The number of hydrogen-bond donors (Lipinski definition) is 0. The van der Waals surface area contributed by atoms with Gasteiger partial charge in [0.05, 0.1) is 0 Å². The fourth-order valence-electron chi connectivity index (χ4n) is 1.54. The monoisotopic (exact) mass is 431 g/mol. The zero-order valence-electron chi connectivity index (χ0n) is 9.16. The Morgan fingerprint density at radius 2 is 1.89 bits per heavy atom. The van der Waals surface area contributed by atoms with Gasteiger partial charge in [0.2, 0.25) is 0 Å².